The average Bonchev–Trinajstić information content (AvgIpc) is 2.99. The number of nitrogens with zero attached hydrogens (tertiary/aromatic N) is 2. The summed E-state index contributed by atoms with van der Waals surface area (Å²) in [5.74, 6) is 0.531. The topological polar surface area (TPSA) is 34.5 Å². The Hall–Kier alpha value is -1.97. The first-order chi connectivity index (χ1) is 11.7. The maximum atomic E-state index is 11.9. The largest absolute Gasteiger partial charge is 0.450 e. The van der Waals surface area contributed by atoms with Gasteiger partial charge in [0.25, 0.3) is 0 Å². The summed E-state index contributed by atoms with van der Waals surface area (Å²) in [6.45, 7) is 7.20. The lowest BCUT2D eigenvalue weighted by atomic mass is 9.89. The molecule has 0 radical (unpaired) electrons. The summed E-state index contributed by atoms with van der Waals surface area (Å²) in [6, 6.07) is 8.72. The zero-order chi connectivity index (χ0) is 16.9. The summed E-state index contributed by atoms with van der Waals surface area (Å²) in [5, 5.41) is 1.38. The van der Waals surface area contributed by atoms with Gasteiger partial charge in [-0.2, -0.15) is 0 Å². The number of benzene rings is 1. The van der Waals surface area contributed by atoms with Crippen LogP contribution in [0.15, 0.2) is 30.5 Å². The Bertz CT molecular complexity index is 684. The number of para-hydroxylation sites is 1. The van der Waals surface area contributed by atoms with Crippen molar-refractivity contribution in [3.8, 4) is 0 Å². The second kappa shape index (κ2) is 7.73. The van der Waals surface area contributed by atoms with Crippen LogP contribution in [0.5, 0.6) is 0 Å². The molecule has 130 valence electrons. The van der Waals surface area contributed by atoms with E-state index in [0.29, 0.717) is 12.5 Å². The van der Waals surface area contributed by atoms with Gasteiger partial charge >= 0.3 is 6.09 Å². The lowest BCUT2D eigenvalue weighted by molar-refractivity contribution is 0.0971. The van der Waals surface area contributed by atoms with E-state index < -0.39 is 0 Å². The van der Waals surface area contributed by atoms with Crippen LogP contribution in [0.1, 0.15) is 51.0 Å². The molecular weight excluding hydrogens is 300 g/mol. The van der Waals surface area contributed by atoms with Crippen LogP contribution >= 0.6 is 0 Å². The van der Waals surface area contributed by atoms with Gasteiger partial charge in [-0.15, -0.1) is 0 Å². The molecule has 24 heavy (non-hydrogen) atoms. The van der Waals surface area contributed by atoms with Gasteiger partial charge in [0, 0.05) is 36.7 Å². The Kier molecular flexibility index (Phi) is 5.44. The second-order valence-electron chi connectivity index (χ2n) is 6.61. The minimum atomic E-state index is -0.165. The maximum Gasteiger partial charge on any atom is 0.409 e. The van der Waals surface area contributed by atoms with Gasteiger partial charge in [0.1, 0.15) is 0 Å². The van der Waals surface area contributed by atoms with E-state index in [9.17, 15) is 4.79 Å². The molecule has 0 atom stereocenters. The number of fused-ring (bicyclic) bond motifs is 1. The molecule has 1 aromatic heterocycles. The van der Waals surface area contributed by atoms with Gasteiger partial charge in [-0.05, 0) is 43.7 Å². The number of hydrogen-bond donors (Lipinski definition) is 0. The summed E-state index contributed by atoms with van der Waals surface area (Å²) in [5.41, 5.74) is 2.79. The van der Waals surface area contributed by atoms with E-state index in [1.54, 1.807) is 0 Å². The van der Waals surface area contributed by atoms with Crippen molar-refractivity contribution in [2.24, 2.45) is 0 Å². The van der Waals surface area contributed by atoms with Gasteiger partial charge in [0.15, 0.2) is 0 Å². The van der Waals surface area contributed by atoms with Crippen LogP contribution in [0.2, 0.25) is 0 Å². The molecule has 1 aliphatic heterocycles. The van der Waals surface area contributed by atoms with Crippen molar-refractivity contribution >= 4 is 17.0 Å². The lowest BCUT2D eigenvalue weighted by Gasteiger charge is -2.31. The molecule has 0 saturated carbocycles. The van der Waals surface area contributed by atoms with Crippen LogP contribution in [0.3, 0.4) is 0 Å². The van der Waals surface area contributed by atoms with Crippen molar-refractivity contribution in [2.75, 3.05) is 19.7 Å². The van der Waals surface area contributed by atoms with Crippen molar-refractivity contribution < 1.29 is 9.53 Å². The number of hydrogen-bond acceptors (Lipinski definition) is 2. The average molecular weight is 328 g/mol. The Morgan fingerprint density at radius 1 is 1.21 bits per heavy atom. The quantitative estimate of drug-likeness (QED) is 0.792. The summed E-state index contributed by atoms with van der Waals surface area (Å²) in [4.78, 5) is 13.7. The van der Waals surface area contributed by atoms with Gasteiger partial charge in [-0.3, -0.25) is 0 Å². The molecule has 2 aromatic rings. The molecule has 0 unspecified atom stereocenters. The molecule has 0 aliphatic carbocycles. The van der Waals surface area contributed by atoms with Crippen LogP contribution in [-0.2, 0) is 11.3 Å². The third-order valence-corrected chi connectivity index (χ3v) is 5.03. The first-order valence-electron chi connectivity index (χ1n) is 9.24. The minimum absolute atomic E-state index is 0.165. The predicted molar refractivity (Wildman–Crippen MR) is 97.4 cm³/mol. The first-order valence-corrected chi connectivity index (χ1v) is 9.24. The van der Waals surface area contributed by atoms with Gasteiger partial charge < -0.3 is 14.2 Å². The number of ether oxygens (including phenoxy) is 1. The number of aromatic nitrogens is 1. The minimum Gasteiger partial charge on any atom is -0.450 e. The standard InChI is InChI=1S/C20H28N2O2/c1-3-5-12-22-15-18(17-8-6-7-9-19(17)22)16-10-13-21(14-11-16)20(23)24-4-2/h6-9,15-16H,3-5,10-14H2,1-2H3. The van der Waals surface area contributed by atoms with Crippen LogP contribution in [-0.4, -0.2) is 35.3 Å². The molecule has 0 spiro atoms. The number of unbranched alkanes of at least 4 members (excludes halogenated alkanes) is 1. The highest BCUT2D eigenvalue weighted by Crippen LogP contribution is 2.34. The van der Waals surface area contributed by atoms with Crippen LogP contribution < -0.4 is 0 Å². The number of carbonyl (C=O) groups is 1. The molecule has 2 heterocycles. The Morgan fingerprint density at radius 2 is 1.96 bits per heavy atom. The molecular formula is C20H28N2O2. The van der Waals surface area contributed by atoms with E-state index in [-0.39, 0.29) is 6.09 Å². The Balaban J connectivity index is 1.77. The van der Waals surface area contributed by atoms with Gasteiger partial charge in [-0.1, -0.05) is 31.5 Å². The van der Waals surface area contributed by atoms with Crippen molar-refractivity contribution in [1.82, 2.24) is 9.47 Å². The van der Waals surface area contributed by atoms with Gasteiger partial charge in [0.05, 0.1) is 6.61 Å². The van der Waals surface area contributed by atoms with E-state index in [2.05, 4.69) is 42.0 Å². The molecule has 1 aliphatic rings. The molecule has 1 fully saturated rings. The van der Waals surface area contributed by atoms with E-state index in [1.165, 1.54) is 29.3 Å². The number of likely N-dealkylation sites (tertiary alicyclic amines) is 1. The maximum absolute atomic E-state index is 11.9. The lowest BCUT2D eigenvalue weighted by Crippen LogP contribution is -2.38. The van der Waals surface area contributed by atoms with Crippen molar-refractivity contribution in [3.05, 3.63) is 36.0 Å². The molecule has 0 bridgehead atoms. The highest BCUT2D eigenvalue weighted by atomic mass is 16.6. The summed E-state index contributed by atoms with van der Waals surface area (Å²) in [7, 11) is 0. The predicted octanol–water partition coefficient (Wildman–Crippen LogP) is 4.78. The zero-order valence-electron chi connectivity index (χ0n) is 14.8. The van der Waals surface area contributed by atoms with Crippen molar-refractivity contribution in [1.29, 1.82) is 0 Å². The zero-order valence-corrected chi connectivity index (χ0v) is 14.8. The molecule has 1 aromatic carbocycles. The van der Waals surface area contributed by atoms with E-state index in [4.69, 9.17) is 4.74 Å². The number of carbonyl (C=O) groups excluding carboxylic acids is 1. The summed E-state index contributed by atoms with van der Waals surface area (Å²) in [6.07, 6.45) is 6.63. The fourth-order valence-electron chi connectivity index (χ4n) is 3.70. The number of aryl methyl sites for hydroxylation is 1. The smallest absolute Gasteiger partial charge is 0.409 e. The van der Waals surface area contributed by atoms with E-state index in [0.717, 1.165) is 32.5 Å². The van der Waals surface area contributed by atoms with Gasteiger partial charge in [-0.25, -0.2) is 4.79 Å². The fourth-order valence-corrected chi connectivity index (χ4v) is 3.70. The number of amides is 1. The van der Waals surface area contributed by atoms with Gasteiger partial charge in [0.2, 0.25) is 0 Å². The third-order valence-electron chi connectivity index (χ3n) is 5.03. The highest BCUT2D eigenvalue weighted by Gasteiger charge is 2.26. The van der Waals surface area contributed by atoms with Crippen LogP contribution in [0.4, 0.5) is 4.79 Å². The first kappa shape index (κ1) is 16.9. The summed E-state index contributed by atoms with van der Waals surface area (Å²) < 4.78 is 7.53. The highest BCUT2D eigenvalue weighted by molar-refractivity contribution is 5.84. The molecule has 0 N–H and O–H groups in total. The normalized spacial score (nSPS) is 15.8. The van der Waals surface area contributed by atoms with Crippen molar-refractivity contribution in [3.63, 3.8) is 0 Å². The summed E-state index contributed by atoms with van der Waals surface area (Å²) >= 11 is 0. The van der Waals surface area contributed by atoms with E-state index in [1.807, 2.05) is 11.8 Å². The fraction of sp³-hybridized carbons (Fsp3) is 0.550. The molecule has 4 nitrogen and oxygen atoms in total. The monoisotopic (exact) mass is 328 g/mol. The Labute approximate surface area is 144 Å². The van der Waals surface area contributed by atoms with E-state index >= 15 is 0 Å². The number of piperidine rings is 1. The SMILES string of the molecule is CCCCn1cc(C2CCN(C(=O)OCC)CC2)c2ccccc21. The Morgan fingerprint density at radius 3 is 2.67 bits per heavy atom. The number of rotatable bonds is 5. The molecule has 1 amide bonds. The molecule has 1 saturated heterocycles. The van der Waals surface area contributed by atoms with Crippen LogP contribution in [0, 0.1) is 0 Å². The molecule has 3 rings (SSSR count). The van der Waals surface area contributed by atoms with Crippen LogP contribution in [0.25, 0.3) is 10.9 Å². The third kappa shape index (κ3) is 3.42. The second-order valence-corrected chi connectivity index (χ2v) is 6.61. The van der Waals surface area contributed by atoms with Crippen molar-refractivity contribution in [2.45, 2.75) is 52.0 Å². The molecule has 4 heteroatoms.